The molecule has 116 valence electrons. The first kappa shape index (κ1) is 15.1. The van der Waals surface area contributed by atoms with E-state index in [1.165, 1.54) is 17.3 Å². The maximum atomic E-state index is 12.5. The van der Waals surface area contributed by atoms with Crippen molar-refractivity contribution in [2.45, 2.75) is 38.4 Å². The maximum Gasteiger partial charge on any atom is 0.237 e. The zero-order valence-electron chi connectivity index (χ0n) is 13.0. The Kier molecular flexibility index (Phi) is 4.47. The number of amides is 1. The second-order valence-electron chi connectivity index (χ2n) is 5.21. The molecular formula is C16H20N4OS. The molecule has 2 heterocycles. The molecule has 6 heteroatoms. The van der Waals surface area contributed by atoms with Crippen LogP contribution in [0, 0.1) is 0 Å². The molecule has 2 aromatic rings. The number of carbonyl (C=O) groups excluding carboxylic acids is 1. The summed E-state index contributed by atoms with van der Waals surface area (Å²) in [6, 6.07) is 8.13. The monoisotopic (exact) mass is 316 g/mol. The number of hydrogen-bond acceptors (Lipinski definition) is 4. The molecular weight excluding hydrogens is 296 g/mol. The first-order valence-electron chi connectivity index (χ1n) is 7.67. The number of hydrogen-bond donors (Lipinski definition) is 0. The Bertz CT molecular complexity index is 683. The number of aromatic nitrogens is 3. The second kappa shape index (κ2) is 6.52. The number of para-hydroxylation sites is 1. The molecule has 1 aromatic heterocycles. The average molecular weight is 316 g/mol. The highest BCUT2D eigenvalue weighted by molar-refractivity contribution is 7.99. The van der Waals surface area contributed by atoms with E-state index in [1.54, 1.807) is 0 Å². The van der Waals surface area contributed by atoms with Crippen molar-refractivity contribution in [3.63, 3.8) is 0 Å². The van der Waals surface area contributed by atoms with Gasteiger partial charge in [-0.25, -0.2) is 0 Å². The summed E-state index contributed by atoms with van der Waals surface area (Å²) in [5.74, 6) is 1.51. The van der Waals surface area contributed by atoms with E-state index in [4.69, 9.17) is 0 Å². The van der Waals surface area contributed by atoms with E-state index in [0.717, 1.165) is 42.6 Å². The summed E-state index contributed by atoms with van der Waals surface area (Å²) in [5.41, 5.74) is 2.31. The molecule has 0 unspecified atom stereocenters. The molecule has 5 nitrogen and oxygen atoms in total. The molecule has 1 aliphatic rings. The van der Waals surface area contributed by atoms with Crippen LogP contribution in [0.4, 0.5) is 5.69 Å². The van der Waals surface area contributed by atoms with Crippen LogP contribution in [-0.2, 0) is 24.2 Å². The van der Waals surface area contributed by atoms with Gasteiger partial charge in [0, 0.05) is 25.2 Å². The summed E-state index contributed by atoms with van der Waals surface area (Å²) < 4.78 is 2.08. The van der Waals surface area contributed by atoms with Gasteiger partial charge in [0.05, 0.1) is 5.75 Å². The highest BCUT2D eigenvalue weighted by atomic mass is 32.2. The number of benzene rings is 1. The van der Waals surface area contributed by atoms with Crippen LogP contribution in [0.25, 0.3) is 0 Å². The molecule has 0 fully saturated rings. The third-order valence-corrected chi connectivity index (χ3v) is 4.89. The van der Waals surface area contributed by atoms with Crippen LogP contribution >= 0.6 is 11.8 Å². The quantitative estimate of drug-likeness (QED) is 0.796. The van der Waals surface area contributed by atoms with Gasteiger partial charge < -0.3 is 9.47 Å². The largest absolute Gasteiger partial charge is 0.311 e. The summed E-state index contributed by atoms with van der Waals surface area (Å²) in [6.07, 6.45) is 1.80. The number of anilines is 1. The van der Waals surface area contributed by atoms with Gasteiger partial charge >= 0.3 is 0 Å². The van der Waals surface area contributed by atoms with Crippen LogP contribution in [0.15, 0.2) is 29.4 Å². The van der Waals surface area contributed by atoms with E-state index >= 15 is 0 Å². The van der Waals surface area contributed by atoms with Gasteiger partial charge in [-0.05, 0) is 25.0 Å². The fraction of sp³-hybridized carbons (Fsp3) is 0.438. The molecule has 1 aliphatic heterocycles. The third-order valence-electron chi connectivity index (χ3n) is 3.94. The first-order valence-corrected chi connectivity index (χ1v) is 8.66. The molecule has 1 amide bonds. The number of rotatable bonds is 5. The van der Waals surface area contributed by atoms with Crippen molar-refractivity contribution in [3.8, 4) is 0 Å². The Morgan fingerprint density at radius 3 is 2.86 bits per heavy atom. The van der Waals surface area contributed by atoms with Crippen molar-refractivity contribution in [1.29, 1.82) is 0 Å². The van der Waals surface area contributed by atoms with Gasteiger partial charge in [0.2, 0.25) is 5.91 Å². The van der Waals surface area contributed by atoms with Crippen molar-refractivity contribution in [3.05, 3.63) is 35.7 Å². The van der Waals surface area contributed by atoms with Crippen LogP contribution in [0.1, 0.15) is 25.2 Å². The lowest BCUT2D eigenvalue weighted by molar-refractivity contribution is -0.116. The molecule has 22 heavy (non-hydrogen) atoms. The minimum Gasteiger partial charge on any atom is -0.311 e. The van der Waals surface area contributed by atoms with E-state index in [2.05, 4.69) is 34.7 Å². The Hall–Kier alpha value is -1.82. The van der Waals surface area contributed by atoms with Crippen molar-refractivity contribution < 1.29 is 4.79 Å². The molecule has 0 spiro atoms. The van der Waals surface area contributed by atoms with Crippen LogP contribution in [-0.4, -0.2) is 33.0 Å². The van der Waals surface area contributed by atoms with E-state index in [1.807, 2.05) is 23.1 Å². The first-order chi connectivity index (χ1) is 10.7. The average Bonchev–Trinajstić information content (AvgIpc) is 3.15. The Morgan fingerprint density at radius 1 is 1.27 bits per heavy atom. The number of carbonyl (C=O) groups is 1. The smallest absolute Gasteiger partial charge is 0.237 e. The summed E-state index contributed by atoms with van der Waals surface area (Å²) in [4.78, 5) is 14.4. The summed E-state index contributed by atoms with van der Waals surface area (Å²) in [5, 5.41) is 9.22. The normalized spacial score (nSPS) is 13.5. The summed E-state index contributed by atoms with van der Waals surface area (Å²) in [6.45, 7) is 5.75. The van der Waals surface area contributed by atoms with Gasteiger partial charge in [0.1, 0.15) is 5.82 Å². The Balaban J connectivity index is 1.68. The lowest BCUT2D eigenvalue weighted by Crippen LogP contribution is -2.30. The number of nitrogens with zero attached hydrogens (tertiary/aromatic N) is 4. The minimum atomic E-state index is 0.138. The van der Waals surface area contributed by atoms with Gasteiger partial charge in [-0.3, -0.25) is 4.79 Å². The molecule has 3 rings (SSSR count). The molecule has 0 N–H and O–H groups in total. The van der Waals surface area contributed by atoms with E-state index in [-0.39, 0.29) is 5.91 Å². The van der Waals surface area contributed by atoms with Gasteiger partial charge in [-0.1, -0.05) is 36.9 Å². The molecule has 0 radical (unpaired) electrons. The summed E-state index contributed by atoms with van der Waals surface area (Å²) in [7, 11) is 0. The van der Waals surface area contributed by atoms with Crippen LogP contribution in [0.3, 0.4) is 0 Å². The predicted octanol–water partition coefficient (Wildman–Crippen LogP) is 2.54. The lowest BCUT2D eigenvalue weighted by atomic mass is 10.2. The number of fused-ring (bicyclic) bond motifs is 1. The molecule has 0 bridgehead atoms. The van der Waals surface area contributed by atoms with Gasteiger partial charge in [-0.2, -0.15) is 0 Å². The Morgan fingerprint density at radius 2 is 2.09 bits per heavy atom. The van der Waals surface area contributed by atoms with Crippen LogP contribution in [0.5, 0.6) is 0 Å². The fourth-order valence-electron chi connectivity index (χ4n) is 2.81. The van der Waals surface area contributed by atoms with Gasteiger partial charge in [0.25, 0.3) is 0 Å². The lowest BCUT2D eigenvalue weighted by Gasteiger charge is -2.17. The zero-order valence-corrected chi connectivity index (χ0v) is 13.8. The van der Waals surface area contributed by atoms with Crippen molar-refractivity contribution in [2.75, 3.05) is 17.2 Å². The molecule has 0 saturated heterocycles. The van der Waals surface area contributed by atoms with E-state index < -0.39 is 0 Å². The van der Waals surface area contributed by atoms with Gasteiger partial charge in [0.15, 0.2) is 5.16 Å². The predicted molar refractivity (Wildman–Crippen MR) is 88.3 cm³/mol. The highest BCUT2D eigenvalue weighted by Crippen LogP contribution is 2.28. The van der Waals surface area contributed by atoms with Crippen molar-refractivity contribution in [1.82, 2.24) is 14.8 Å². The standard InChI is InChI=1S/C16H20N4OS/c1-3-14-17-18-16(19(14)4-2)22-11-15(21)20-10-9-12-7-5-6-8-13(12)20/h5-8H,3-4,9-11H2,1-2H3. The summed E-state index contributed by atoms with van der Waals surface area (Å²) >= 11 is 1.48. The number of aryl methyl sites for hydroxylation is 1. The highest BCUT2D eigenvalue weighted by Gasteiger charge is 2.24. The maximum absolute atomic E-state index is 12.5. The Labute approximate surface area is 134 Å². The molecule has 1 aromatic carbocycles. The second-order valence-corrected chi connectivity index (χ2v) is 6.15. The SMILES string of the molecule is CCc1nnc(SCC(=O)N2CCc3ccccc32)n1CC. The van der Waals surface area contributed by atoms with Crippen molar-refractivity contribution in [2.24, 2.45) is 0 Å². The molecule has 0 atom stereocenters. The topological polar surface area (TPSA) is 51.0 Å². The fourth-order valence-corrected chi connectivity index (χ4v) is 3.70. The zero-order chi connectivity index (χ0) is 15.5. The number of thioether (sulfide) groups is 1. The van der Waals surface area contributed by atoms with Crippen molar-refractivity contribution >= 4 is 23.4 Å². The van der Waals surface area contributed by atoms with Crippen LogP contribution in [0.2, 0.25) is 0 Å². The van der Waals surface area contributed by atoms with Crippen LogP contribution < -0.4 is 4.90 Å². The molecule has 0 aliphatic carbocycles. The van der Waals surface area contributed by atoms with E-state index in [9.17, 15) is 4.79 Å². The molecule has 0 saturated carbocycles. The third kappa shape index (κ3) is 2.75. The van der Waals surface area contributed by atoms with E-state index in [0.29, 0.717) is 5.75 Å². The minimum absolute atomic E-state index is 0.138. The van der Waals surface area contributed by atoms with Gasteiger partial charge in [-0.15, -0.1) is 10.2 Å².